The maximum Gasteiger partial charge on any atom is 0.222 e. The zero-order chi connectivity index (χ0) is 15.1. The molecule has 0 radical (unpaired) electrons. The molecule has 6 heteroatoms. The number of benzene rings is 1. The van der Waals surface area contributed by atoms with Gasteiger partial charge in [0, 0.05) is 38.8 Å². The van der Waals surface area contributed by atoms with Crippen molar-refractivity contribution >= 4 is 36.4 Å². The van der Waals surface area contributed by atoms with Crippen LogP contribution in [0.2, 0.25) is 0 Å². The van der Waals surface area contributed by atoms with Crippen molar-refractivity contribution in [2.24, 2.45) is 0 Å². The number of para-hydroxylation sites is 1. The van der Waals surface area contributed by atoms with Gasteiger partial charge in [-0.1, -0.05) is 18.2 Å². The molecule has 0 spiro atoms. The summed E-state index contributed by atoms with van der Waals surface area (Å²) >= 11 is 0. The Hall–Kier alpha value is -0.970. The van der Waals surface area contributed by atoms with Crippen molar-refractivity contribution in [3.63, 3.8) is 0 Å². The molecule has 0 saturated carbocycles. The first kappa shape index (κ1) is 22.0. The lowest BCUT2D eigenvalue weighted by Gasteiger charge is -2.24. The van der Waals surface area contributed by atoms with Crippen LogP contribution < -0.4 is 10.2 Å². The number of amides is 1. The molecule has 1 N–H and O–H groups in total. The van der Waals surface area contributed by atoms with Crippen molar-refractivity contribution in [2.75, 3.05) is 38.6 Å². The SMILES string of the molecule is CNCCCC(=O)N(C)Cc1ccccc1N1CCCC1.Cl.Cl. The Bertz CT molecular complexity index is 465. The highest BCUT2D eigenvalue weighted by atomic mass is 35.5. The van der Waals surface area contributed by atoms with Gasteiger partial charge in [-0.25, -0.2) is 0 Å². The van der Waals surface area contributed by atoms with E-state index in [4.69, 9.17) is 0 Å². The summed E-state index contributed by atoms with van der Waals surface area (Å²) in [5.41, 5.74) is 2.55. The molecule has 132 valence electrons. The zero-order valence-electron chi connectivity index (χ0n) is 14.1. The molecular weight excluding hydrogens is 333 g/mol. The third-order valence-electron chi connectivity index (χ3n) is 4.09. The van der Waals surface area contributed by atoms with E-state index in [2.05, 4.69) is 34.5 Å². The molecule has 1 aliphatic heterocycles. The lowest BCUT2D eigenvalue weighted by Crippen LogP contribution is -2.28. The monoisotopic (exact) mass is 361 g/mol. The second kappa shape index (κ2) is 11.5. The topological polar surface area (TPSA) is 35.6 Å². The fourth-order valence-electron chi connectivity index (χ4n) is 2.86. The molecule has 1 saturated heterocycles. The van der Waals surface area contributed by atoms with Crippen molar-refractivity contribution in [3.05, 3.63) is 29.8 Å². The highest BCUT2D eigenvalue weighted by Gasteiger charge is 2.17. The molecule has 1 aliphatic rings. The van der Waals surface area contributed by atoms with Crippen molar-refractivity contribution in [3.8, 4) is 0 Å². The summed E-state index contributed by atoms with van der Waals surface area (Å²) in [6.45, 7) is 3.86. The average molecular weight is 362 g/mol. The van der Waals surface area contributed by atoms with Crippen LogP contribution in [0, 0.1) is 0 Å². The largest absolute Gasteiger partial charge is 0.371 e. The van der Waals surface area contributed by atoms with Crippen LogP contribution in [0.25, 0.3) is 0 Å². The smallest absolute Gasteiger partial charge is 0.222 e. The van der Waals surface area contributed by atoms with E-state index >= 15 is 0 Å². The number of carbonyl (C=O) groups excluding carboxylic acids is 1. The van der Waals surface area contributed by atoms with Gasteiger partial charge in [-0.15, -0.1) is 24.8 Å². The van der Waals surface area contributed by atoms with Gasteiger partial charge in [-0.05, 0) is 44.5 Å². The van der Waals surface area contributed by atoms with Crippen LogP contribution >= 0.6 is 24.8 Å². The van der Waals surface area contributed by atoms with Crippen molar-refractivity contribution in [1.29, 1.82) is 0 Å². The maximum atomic E-state index is 12.1. The molecule has 23 heavy (non-hydrogen) atoms. The van der Waals surface area contributed by atoms with Crippen LogP contribution in [0.15, 0.2) is 24.3 Å². The molecular formula is C17H29Cl2N3O. The minimum absolute atomic E-state index is 0. The quantitative estimate of drug-likeness (QED) is 0.758. The van der Waals surface area contributed by atoms with E-state index in [1.54, 1.807) is 0 Å². The molecule has 0 aliphatic carbocycles. The van der Waals surface area contributed by atoms with Crippen molar-refractivity contribution in [1.82, 2.24) is 10.2 Å². The average Bonchev–Trinajstić information content (AvgIpc) is 3.02. The molecule has 0 atom stereocenters. The molecule has 2 rings (SSSR count). The Morgan fingerprint density at radius 3 is 2.52 bits per heavy atom. The standard InChI is InChI=1S/C17H27N3O.2ClH/c1-18-11-7-10-17(21)19(2)14-15-8-3-4-9-16(15)20-12-5-6-13-20;;/h3-4,8-9,18H,5-7,10-14H2,1-2H3;2*1H. The highest BCUT2D eigenvalue weighted by Crippen LogP contribution is 2.25. The number of nitrogens with one attached hydrogen (secondary N) is 1. The van der Waals surface area contributed by atoms with Gasteiger partial charge in [0.25, 0.3) is 0 Å². The van der Waals surface area contributed by atoms with Crippen molar-refractivity contribution < 1.29 is 4.79 Å². The second-order valence-corrected chi connectivity index (χ2v) is 5.78. The highest BCUT2D eigenvalue weighted by molar-refractivity contribution is 5.85. The minimum Gasteiger partial charge on any atom is -0.371 e. The van der Waals surface area contributed by atoms with Gasteiger partial charge in [-0.3, -0.25) is 4.79 Å². The maximum absolute atomic E-state index is 12.1. The number of halogens is 2. The molecule has 0 unspecified atom stereocenters. The normalized spacial score (nSPS) is 13.2. The van der Waals surface area contributed by atoms with E-state index in [1.807, 2.05) is 19.0 Å². The Labute approximate surface area is 152 Å². The summed E-state index contributed by atoms with van der Waals surface area (Å²) in [7, 11) is 3.82. The van der Waals surface area contributed by atoms with Gasteiger partial charge in [-0.2, -0.15) is 0 Å². The number of anilines is 1. The van der Waals surface area contributed by atoms with Crippen LogP contribution in [0.5, 0.6) is 0 Å². The van der Waals surface area contributed by atoms with E-state index in [0.717, 1.165) is 26.1 Å². The van der Waals surface area contributed by atoms with Crippen LogP contribution in [0.4, 0.5) is 5.69 Å². The van der Waals surface area contributed by atoms with Gasteiger partial charge in [0.1, 0.15) is 0 Å². The zero-order valence-corrected chi connectivity index (χ0v) is 15.7. The third-order valence-corrected chi connectivity index (χ3v) is 4.09. The lowest BCUT2D eigenvalue weighted by atomic mass is 10.1. The molecule has 1 heterocycles. The van der Waals surface area contributed by atoms with E-state index < -0.39 is 0 Å². The Morgan fingerprint density at radius 2 is 1.87 bits per heavy atom. The Kier molecular flexibility index (Phi) is 11.1. The fourth-order valence-corrected chi connectivity index (χ4v) is 2.86. The van der Waals surface area contributed by atoms with Gasteiger partial charge < -0.3 is 15.1 Å². The summed E-state index contributed by atoms with van der Waals surface area (Å²) in [6.07, 6.45) is 4.05. The van der Waals surface area contributed by atoms with Crippen LogP contribution in [0.1, 0.15) is 31.2 Å². The molecule has 0 bridgehead atoms. The fraction of sp³-hybridized carbons (Fsp3) is 0.588. The number of hydrogen-bond donors (Lipinski definition) is 1. The molecule has 4 nitrogen and oxygen atoms in total. The van der Waals surface area contributed by atoms with Gasteiger partial charge in [0.05, 0.1) is 0 Å². The van der Waals surface area contributed by atoms with Crippen LogP contribution in [-0.4, -0.2) is 44.5 Å². The summed E-state index contributed by atoms with van der Waals surface area (Å²) in [5, 5.41) is 3.08. The first-order valence-corrected chi connectivity index (χ1v) is 7.94. The molecule has 1 aromatic rings. The predicted molar refractivity (Wildman–Crippen MR) is 102 cm³/mol. The summed E-state index contributed by atoms with van der Waals surface area (Å²) in [4.78, 5) is 16.4. The second-order valence-electron chi connectivity index (χ2n) is 5.78. The number of hydrogen-bond acceptors (Lipinski definition) is 3. The van der Waals surface area contributed by atoms with Gasteiger partial charge in [0.15, 0.2) is 0 Å². The number of carbonyl (C=O) groups is 1. The molecule has 1 amide bonds. The number of nitrogens with zero attached hydrogens (tertiary/aromatic N) is 2. The Balaban J connectivity index is 0.00000242. The minimum atomic E-state index is 0. The van der Waals surface area contributed by atoms with E-state index in [1.165, 1.54) is 24.1 Å². The first-order chi connectivity index (χ1) is 10.2. The first-order valence-electron chi connectivity index (χ1n) is 7.94. The number of rotatable bonds is 7. The molecule has 1 fully saturated rings. The predicted octanol–water partition coefficient (Wildman–Crippen LogP) is 3.09. The Morgan fingerprint density at radius 1 is 1.22 bits per heavy atom. The van der Waals surface area contributed by atoms with Crippen LogP contribution in [0.3, 0.4) is 0 Å². The van der Waals surface area contributed by atoms with Crippen molar-refractivity contribution in [2.45, 2.75) is 32.2 Å². The van der Waals surface area contributed by atoms with Gasteiger partial charge in [0.2, 0.25) is 5.91 Å². The van der Waals surface area contributed by atoms with Gasteiger partial charge >= 0.3 is 0 Å². The molecule has 1 aromatic carbocycles. The summed E-state index contributed by atoms with van der Waals surface area (Å²) in [6, 6.07) is 8.48. The summed E-state index contributed by atoms with van der Waals surface area (Å²) < 4.78 is 0. The summed E-state index contributed by atoms with van der Waals surface area (Å²) in [5.74, 6) is 0.224. The van der Waals surface area contributed by atoms with E-state index in [-0.39, 0.29) is 30.7 Å². The third kappa shape index (κ3) is 6.58. The molecule has 0 aromatic heterocycles. The van der Waals surface area contributed by atoms with Crippen LogP contribution in [-0.2, 0) is 11.3 Å². The van der Waals surface area contributed by atoms with E-state index in [9.17, 15) is 4.79 Å². The van der Waals surface area contributed by atoms with E-state index in [0.29, 0.717) is 13.0 Å². The lowest BCUT2D eigenvalue weighted by molar-refractivity contribution is -0.130.